The first-order valence-electron chi connectivity index (χ1n) is 8.85. The number of nitrogens with one attached hydrogen (secondary N) is 2. The highest BCUT2D eigenvalue weighted by Crippen LogP contribution is 2.28. The predicted molar refractivity (Wildman–Crippen MR) is 103 cm³/mol. The molecule has 1 aliphatic rings. The third-order valence-corrected chi connectivity index (χ3v) is 4.27. The van der Waals surface area contributed by atoms with E-state index in [1.54, 1.807) is 38.3 Å². The summed E-state index contributed by atoms with van der Waals surface area (Å²) in [4.78, 5) is 24.6. The SMILES string of the molecule is COc1ccc([C@@H]2NC(=O)NC(C)=C2C(=O)OCCOc2ccccc2)cc1. The highest BCUT2D eigenvalue weighted by Gasteiger charge is 2.32. The van der Waals surface area contributed by atoms with E-state index in [9.17, 15) is 9.59 Å². The molecule has 0 unspecified atom stereocenters. The number of hydrogen-bond donors (Lipinski definition) is 2. The van der Waals surface area contributed by atoms with Crippen molar-refractivity contribution >= 4 is 12.0 Å². The number of methoxy groups -OCH3 is 1. The van der Waals surface area contributed by atoms with E-state index in [0.717, 1.165) is 5.56 Å². The molecule has 0 radical (unpaired) electrons. The zero-order chi connectivity index (χ0) is 19.9. The summed E-state index contributed by atoms with van der Waals surface area (Å²) in [5.74, 6) is 0.881. The van der Waals surface area contributed by atoms with Crippen LogP contribution in [0.3, 0.4) is 0 Å². The number of carbonyl (C=O) groups is 2. The zero-order valence-corrected chi connectivity index (χ0v) is 15.7. The number of rotatable bonds is 7. The average molecular weight is 382 g/mol. The summed E-state index contributed by atoms with van der Waals surface area (Å²) in [6.07, 6.45) is 0. The molecule has 1 atom stereocenters. The molecule has 2 aromatic rings. The number of benzene rings is 2. The third kappa shape index (κ3) is 4.62. The Morgan fingerprint density at radius 1 is 1.00 bits per heavy atom. The maximum Gasteiger partial charge on any atom is 0.338 e. The molecule has 2 amide bonds. The lowest BCUT2D eigenvalue weighted by Crippen LogP contribution is -2.45. The van der Waals surface area contributed by atoms with E-state index in [1.807, 2.05) is 30.3 Å². The fourth-order valence-electron chi connectivity index (χ4n) is 2.90. The molecule has 0 aliphatic carbocycles. The maximum absolute atomic E-state index is 12.7. The first-order chi connectivity index (χ1) is 13.6. The van der Waals surface area contributed by atoms with Gasteiger partial charge in [-0.25, -0.2) is 9.59 Å². The van der Waals surface area contributed by atoms with E-state index in [0.29, 0.717) is 22.8 Å². The Bertz CT molecular complexity index is 862. The summed E-state index contributed by atoms with van der Waals surface area (Å²) in [5, 5.41) is 5.39. The van der Waals surface area contributed by atoms with Crippen molar-refractivity contribution in [2.24, 2.45) is 0 Å². The van der Waals surface area contributed by atoms with E-state index in [1.165, 1.54) is 0 Å². The van der Waals surface area contributed by atoms with Crippen LogP contribution < -0.4 is 20.1 Å². The smallest absolute Gasteiger partial charge is 0.338 e. The van der Waals surface area contributed by atoms with Crippen molar-refractivity contribution in [3.63, 3.8) is 0 Å². The van der Waals surface area contributed by atoms with Gasteiger partial charge in [0.1, 0.15) is 24.7 Å². The molecule has 0 aromatic heterocycles. The second kappa shape index (κ2) is 8.94. The van der Waals surface area contributed by atoms with Crippen molar-refractivity contribution in [2.75, 3.05) is 20.3 Å². The van der Waals surface area contributed by atoms with Crippen LogP contribution in [0.25, 0.3) is 0 Å². The fraction of sp³-hybridized carbons (Fsp3) is 0.238. The molecule has 28 heavy (non-hydrogen) atoms. The van der Waals surface area contributed by atoms with E-state index in [-0.39, 0.29) is 19.2 Å². The highest BCUT2D eigenvalue weighted by atomic mass is 16.6. The Hall–Kier alpha value is -3.48. The largest absolute Gasteiger partial charge is 0.497 e. The predicted octanol–water partition coefficient (Wildman–Crippen LogP) is 2.95. The van der Waals surface area contributed by atoms with Crippen LogP contribution in [0.4, 0.5) is 4.79 Å². The van der Waals surface area contributed by atoms with Crippen LogP contribution >= 0.6 is 0 Å². The van der Waals surface area contributed by atoms with Crippen LogP contribution in [0, 0.1) is 0 Å². The second-order valence-corrected chi connectivity index (χ2v) is 6.14. The Balaban J connectivity index is 1.67. The average Bonchev–Trinajstić information content (AvgIpc) is 2.71. The molecule has 0 fully saturated rings. The number of urea groups is 1. The third-order valence-electron chi connectivity index (χ3n) is 4.27. The van der Waals surface area contributed by atoms with Gasteiger partial charge in [-0.05, 0) is 36.8 Å². The van der Waals surface area contributed by atoms with Crippen LogP contribution in [0.2, 0.25) is 0 Å². The Morgan fingerprint density at radius 2 is 1.71 bits per heavy atom. The highest BCUT2D eigenvalue weighted by molar-refractivity contribution is 5.95. The van der Waals surface area contributed by atoms with Crippen LogP contribution in [-0.2, 0) is 9.53 Å². The molecular weight excluding hydrogens is 360 g/mol. The monoisotopic (exact) mass is 382 g/mol. The number of allylic oxidation sites excluding steroid dienone is 1. The van der Waals surface area contributed by atoms with Crippen molar-refractivity contribution in [3.05, 3.63) is 71.4 Å². The molecule has 146 valence electrons. The summed E-state index contributed by atoms with van der Waals surface area (Å²) >= 11 is 0. The van der Waals surface area contributed by atoms with Gasteiger partial charge in [-0.2, -0.15) is 0 Å². The number of para-hydroxylation sites is 1. The van der Waals surface area contributed by atoms with Gasteiger partial charge in [0.25, 0.3) is 0 Å². The molecule has 2 aromatic carbocycles. The van der Waals surface area contributed by atoms with Gasteiger partial charge >= 0.3 is 12.0 Å². The number of ether oxygens (including phenoxy) is 3. The Labute approximate surface area is 163 Å². The quantitative estimate of drug-likeness (QED) is 0.568. The minimum absolute atomic E-state index is 0.0911. The normalized spacial score (nSPS) is 16.1. The van der Waals surface area contributed by atoms with Crippen LogP contribution in [0.15, 0.2) is 65.9 Å². The van der Waals surface area contributed by atoms with Crippen molar-refractivity contribution in [2.45, 2.75) is 13.0 Å². The van der Waals surface area contributed by atoms with E-state index >= 15 is 0 Å². The Morgan fingerprint density at radius 3 is 2.39 bits per heavy atom. The van der Waals surface area contributed by atoms with Gasteiger partial charge in [-0.1, -0.05) is 30.3 Å². The summed E-state index contributed by atoms with van der Waals surface area (Å²) in [6.45, 7) is 2.00. The molecule has 3 rings (SSSR count). The van der Waals surface area contributed by atoms with Gasteiger partial charge in [0.15, 0.2) is 0 Å². The maximum atomic E-state index is 12.7. The van der Waals surface area contributed by atoms with Gasteiger partial charge in [0.2, 0.25) is 0 Å². The van der Waals surface area contributed by atoms with E-state index in [2.05, 4.69) is 10.6 Å². The van der Waals surface area contributed by atoms with E-state index < -0.39 is 12.0 Å². The molecule has 0 saturated heterocycles. The van der Waals surface area contributed by atoms with Gasteiger partial charge in [0.05, 0.1) is 18.7 Å². The lowest BCUT2D eigenvalue weighted by molar-refractivity contribution is -0.140. The lowest BCUT2D eigenvalue weighted by atomic mass is 9.95. The first kappa shape index (κ1) is 19.3. The van der Waals surface area contributed by atoms with E-state index in [4.69, 9.17) is 14.2 Å². The van der Waals surface area contributed by atoms with Crippen molar-refractivity contribution < 1.29 is 23.8 Å². The fourth-order valence-corrected chi connectivity index (χ4v) is 2.90. The van der Waals surface area contributed by atoms with Gasteiger partial charge in [-0.15, -0.1) is 0 Å². The number of esters is 1. The molecule has 2 N–H and O–H groups in total. The van der Waals surface area contributed by atoms with Crippen LogP contribution in [0.1, 0.15) is 18.5 Å². The molecule has 0 bridgehead atoms. The lowest BCUT2D eigenvalue weighted by Gasteiger charge is -2.28. The number of carbonyl (C=O) groups excluding carboxylic acids is 2. The molecular formula is C21H22N2O5. The molecule has 1 aliphatic heterocycles. The van der Waals surface area contributed by atoms with Crippen molar-refractivity contribution in [1.29, 1.82) is 0 Å². The van der Waals surface area contributed by atoms with Crippen molar-refractivity contribution in [1.82, 2.24) is 10.6 Å². The summed E-state index contributed by atoms with van der Waals surface area (Å²) < 4.78 is 16.1. The Kier molecular flexibility index (Phi) is 6.16. The van der Waals surface area contributed by atoms with Gasteiger partial charge in [0, 0.05) is 5.70 Å². The topological polar surface area (TPSA) is 85.9 Å². The molecule has 1 heterocycles. The number of hydrogen-bond acceptors (Lipinski definition) is 5. The molecule has 7 nitrogen and oxygen atoms in total. The van der Waals surface area contributed by atoms with Crippen LogP contribution in [-0.4, -0.2) is 32.3 Å². The minimum atomic E-state index is -0.609. The summed E-state index contributed by atoms with van der Waals surface area (Å²) in [7, 11) is 1.58. The standard InChI is InChI=1S/C21H22N2O5/c1-14-18(20(24)28-13-12-27-17-6-4-3-5-7-17)19(23-21(25)22-14)15-8-10-16(26-2)11-9-15/h3-11,19H,12-13H2,1-2H3,(H2,22,23,25)/t19-/m0/s1. The van der Waals surface area contributed by atoms with Crippen molar-refractivity contribution in [3.8, 4) is 11.5 Å². The molecule has 0 spiro atoms. The number of amides is 2. The zero-order valence-electron chi connectivity index (χ0n) is 15.7. The van der Waals surface area contributed by atoms with Gasteiger partial charge < -0.3 is 24.8 Å². The summed E-state index contributed by atoms with van der Waals surface area (Å²) in [5.41, 5.74) is 1.56. The second-order valence-electron chi connectivity index (χ2n) is 6.14. The molecule has 0 saturated carbocycles. The van der Waals surface area contributed by atoms with Crippen LogP contribution in [0.5, 0.6) is 11.5 Å². The minimum Gasteiger partial charge on any atom is -0.497 e. The first-order valence-corrected chi connectivity index (χ1v) is 8.85. The summed E-state index contributed by atoms with van der Waals surface area (Å²) in [6, 6.07) is 15.4. The van der Waals surface area contributed by atoms with Gasteiger partial charge in [-0.3, -0.25) is 0 Å². The molecule has 7 heteroatoms.